The number of anilines is 2. The van der Waals surface area contributed by atoms with Gasteiger partial charge < -0.3 is 15.0 Å². The number of ether oxygens (including phenoxy) is 1. The Kier molecular flexibility index (Phi) is 5.04. The molecule has 0 bridgehead atoms. The van der Waals surface area contributed by atoms with Gasteiger partial charge in [0.05, 0.1) is 0 Å². The van der Waals surface area contributed by atoms with E-state index in [1.54, 1.807) is 0 Å². The molecule has 0 unspecified atom stereocenters. The first-order valence-corrected chi connectivity index (χ1v) is 7.86. The van der Waals surface area contributed by atoms with Crippen molar-refractivity contribution in [1.29, 1.82) is 0 Å². The zero-order chi connectivity index (χ0) is 15.5. The van der Waals surface area contributed by atoms with Crippen molar-refractivity contribution in [3.63, 3.8) is 0 Å². The first-order valence-electron chi connectivity index (χ1n) is 7.86. The monoisotopic (exact) mass is 292 g/mol. The Bertz CT molecular complexity index is 464. The largest absolute Gasteiger partial charge is 0.381 e. The number of hydrogen-bond acceptors (Lipinski definition) is 5. The first kappa shape index (κ1) is 16.0. The third-order valence-electron chi connectivity index (χ3n) is 3.84. The maximum atomic E-state index is 5.45. The normalized spacial score (nSPS) is 16.8. The van der Waals surface area contributed by atoms with Crippen LogP contribution in [0.15, 0.2) is 6.07 Å². The molecule has 0 aliphatic carbocycles. The average Bonchev–Trinajstić information content (AvgIpc) is 2.46. The molecule has 2 heterocycles. The molecule has 0 saturated carbocycles. The van der Waals surface area contributed by atoms with Gasteiger partial charge in [0.15, 0.2) is 0 Å². The quantitative estimate of drug-likeness (QED) is 0.925. The van der Waals surface area contributed by atoms with Crippen LogP contribution in [-0.4, -0.2) is 42.8 Å². The van der Waals surface area contributed by atoms with E-state index in [1.807, 2.05) is 6.07 Å². The number of rotatable bonds is 4. The lowest BCUT2D eigenvalue weighted by molar-refractivity contribution is 0.0853. The van der Waals surface area contributed by atoms with Gasteiger partial charge in [-0.25, -0.2) is 9.97 Å². The summed E-state index contributed by atoms with van der Waals surface area (Å²) in [5.41, 5.74) is -0.0588. The third kappa shape index (κ3) is 4.06. The highest BCUT2D eigenvalue weighted by Gasteiger charge is 2.23. The van der Waals surface area contributed by atoms with E-state index in [9.17, 15) is 0 Å². The Morgan fingerprint density at radius 1 is 1.29 bits per heavy atom. The fourth-order valence-corrected chi connectivity index (χ4v) is 2.48. The number of nitrogens with one attached hydrogen (secondary N) is 1. The lowest BCUT2D eigenvalue weighted by atomic mass is 9.95. The van der Waals surface area contributed by atoms with Crippen LogP contribution >= 0.6 is 0 Å². The lowest BCUT2D eigenvalue weighted by Gasteiger charge is -2.33. The molecule has 0 aromatic carbocycles. The van der Waals surface area contributed by atoms with Crippen molar-refractivity contribution in [2.24, 2.45) is 0 Å². The highest BCUT2D eigenvalue weighted by atomic mass is 16.5. The van der Waals surface area contributed by atoms with Crippen LogP contribution in [0.25, 0.3) is 0 Å². The van der Waals surface area contributed by atoms with Gasteiger partial charge in [0.2, 0.25) is 0 Å². The predicted octanol–water partition coefficient (Wildman–Crippen LogP) is 2.82. The molecule has 5 heteroatoms. The van der Waals surface area contributed by atoms with Gasteiger partial charge in [-0.3, -0.25) is 0 Å². The van der Waals surface area contributed by atoms with E-state index >= 15 is 0 Å². The highest BCUT2D eigenvalue weighted by molar-refractivity contribution is 5.50. The summed E-state index contributed by atoms with van der Waals surface area (Å²) in [4.78, 5) is 11.7. The van der Waals surface area contributed by atoms with Gasteiger partial charge in [0, 0.05) is 44.3 Å². The van der Waals surface area contributed by atoms with Crippen molar-refractivity contribution in [3.05, 3.63) is 11.9 Å². The van der Waals surface area contributed by atoms with Crippen LogP contribution in [-0.2, 0) is 10.2 Å². The van der Waals surface area contributed by atoms with Crippen molar-refractivity contribution in [1.82, 2.24) is 9.97 Å². The smallest absolute Gasteiger partial charge is 0.138 e. The Labute approximate surface area is 128 Å². The van der Waals surface area contributed by atoms with Gasteiger partial charge in [-0.15, -0.1) is 0 Å². The lowest BCUT2D eigenvalue weighted by Crippen LogP contribution is -2.37. The van der Waals surface area contributed by atoms with Gasteiger partial charge in [0.1, 0.15) is 17.5 Å². The summed E-state index contributed by atoms with van der Waals surface area (Å²) in [6.45, 7) is 11.1. The van der Waals surface area contributed by atoms with Crippen molar-refractivity contribution < 1.29 is 4.74 Å². The second-order valence-corrected chi connectivity index (χ2v) is 6.67. The second kappa shape index (κ2) is 6.60. The molecule has 0 amide bonds. The van der Waals surface area contributed by atoms with E-state index in [0.717, 1.165) is 50.1 Å². The molecule has 1 aliphatic rings. The average molecular weight is 292 g/mol. The van der Waals surface area contributed by atoms with Crippen LogP contribution in [0.1, 0.15) is 46.4 Å². The molecule has 1 aromatic heterocycles. The van der Waals surface area contributed by atoms with Crippen LogP contribution in [0.5, 0.6) is 0 Å². The number of aromatic nitrogens is 2. The van der Waals surface area contributed by atoms with Crippen LogP contribution in [0.4, 0.5) is 11.6 Å². The Morgan fingerprint density at radius 3 is 2.52 bits per heavy atom. The molecule has 0 spiro atoms. The topological polar surface area (TPSA) is 50.3 Å². The van der Waals surface area contributed by atoms with Gasteiger partial charge in [0.25, 0.3) is 0 Å². The third-order valence-corrected chi connectivity index (χ3v) is 3.84. The van der Waals surface area contributed by atoms with Crippen LogP contribution in [0.2, 0.25) is 0 Å². The number of nitrogens with zero attached hydrogens (tertiary/aromatic N) is 3. The SMILES string of the molecule is CCNc1cc(N(C)C2CCOCC2)nc(C(C)(C)C)n1. The molecular weight excluding hydrogens is 264 g/mol. The van der Waals surface area contributed by atoms with Crippen molar-refractivity contribution >= 4 is 11.6 Å². The molecule has 1 N–H and O–H groups in total. The molecule has 0 atom stereocenters. The summed E-state index contributed by atoms with van der Waals surface area (Å²) in [7, 11) is 2.13. The second-order valence-electron chi connectivity index (χ2n) is 6.67. The Morgan fingerprint density at radius 2 is 1.95 bits per heavy atom. The molecule has 1 aliphatic heterocycles. The van der Waals surface area contributed by atoms with Gasteiger partial charge in [-0.1, -0.05) is 20.8 Å². The Balaban J connectivity index is 2.30. The van der Waals surface area contributed by atoms with Crippen molar-refractivity contribution in [3.8, 4) is 0 Å². The summed E-state index contributed by atoms with van der Waals surface area (Å²) in [5.74, 6) is 2.79. The minimum atomic E-state index is -0.0588. The highest BCUT2D eigenvalue weighted by Crippen LogP contribution is 2.26. The fraction of sp³-hybridized carbons (Fsp3) is 0.750. The molecular formula is C16H28N4O. The van der Waals surface area contributed by atoms with E-state index < -0.39 is 0 Å². The van der Waals surface area contributed by atoms with E-state index in [-0.39, 0.29) is 5.41 Å². The zero-order valence-electron chi connectivity index (χ0n) is 13.9. The van der Waals surface area contributed by atoms with Gasteiger partial charge >= 0.3 is 0 Å². The van der Waals surface area contributed by atoms with E-state index in [4.69, 9.17) is 9.72 Å². The standard InChI is InChI=1S/C16H28N4O/c1-6-17-13-11-14(19-15(18-13)16(2,3)4)20(5)12-7-9-21-10-8-12/h11-12H,6-10H2,1-5H3,(H,17,18,19). The van der Waals surface area contributed by atoms with Crippen molar-refractivity contribution in [2.45, 2.75) is 52.0 Å². The van der Waals surface area contributed by atoms with E-state index in [2.05, 4.69) is 49.9 Å². The fourth-order valence-electron chi connectivity index (χ4n) is 2.48. The van der Waals surface area contributed by atoms with Crippen LogP contribution < -0.4 is 10.2 Å². The maximum absolute atomic E-state index is 5.45. The summed E-state index contributed by atoms with van der Waals surface area (Å²) >= 11 is 0. The maximum Gasteiger partial charge on any atom is 0.138 e. The van der Waals surface area contributed by atoms with E-state index in [1.165, 1.54) is 0 Å². The summed E-state index contributed by atoms with van der Waals surface area (Å²) < 4.78 is 5.45. The van der Waals surface area contributed by atoms with E-state index in [0.29, 0.717) is 6.04 Å². The minimum absolute atomic E-state index is 0.0588. The molecule has 5 nitrogen and oxygen atoms in total. The summed E-state index contributed by atoms with van der Waals surface area (Å²) in [5, 5.41) is 3.32. The van der Waals surface area contributed by atoms with Gasteiger partial charge in [-0.2, -0.15) is 0 Å². The summed E-state index contributed by atoms with van der Waals surface area (Å²) in [6.07, 6.45) is 2.11. The Hall–Kier alpha value is -1.36. The molecule has 118 valence electrons. The number of hydrogen-bond donors (Lipinski definition) is 1. The molecule has 21 heavy (non-hydrogen) atoms. The predicted molar refractivity (Wildman–Crippen MR) is 87.1 cm³/mol. The van der Waals surface area contributed by atoms with Crippen LogP contribution in [0, 0.1) is 0 Å². The first-order chi connectivity index (χ1) is 9.91. The van der Waals surface area contributed by atoms with Crippen LogP contribution in [0.3, 0.4) is 0 Å². The zero-order valence-corrected chi connectivity index (χ0v) is 13.9. The molecule has 1 saturated heterocycles. The van der Waals surface area contributed by atoms with Gasteiger partial charge in [-0.05, 0) is 19.8 Å². The molecule has 2 rings (SSSR count). The minimum Gasteiger partial charge on any atom is -0.381 e. The van der Waals surface area contributed by atoms with Crippen molar-refractivity contribution in [2.75, 3.05) is 37.0 Å². The molecule has 1 fully saturated rings. The summed E-state index contributed by atoms with van der Waals surface area (Å²) in [6, 6.07) is 2.55. The molecule has 1 aromatic rings. The molecule has 0 radical (unpaired) electrons.